The van der Waals surface area contributed by atoms with Gasteiger partial charge in [0, 0.05) is 38.4 Å². The molecule has 0 N–H and O–H groups in total. The van der Waals surface area contributed by atoms with Crippen LogP contribution in [0.4, 0.5) is 10.6 Å². The summed E-state index contributed by atoms with van der Waals surface area (Å²) in [5, 5.41) is 0. The first-order chi connectivity index (χ1) is 17.0. The lowest BCUT2D eigenvalue weighted by Crippen LogP contribution is -2.56. The minimum atomic E-state index is -4.05. The van der Waals surface area contributed by atoms with Crippen molar-refractivity contribution in [2.24, 2.45) is 0 Å². The highest BCUT2D eigenvalue weighted by molar-refractivity contribution is 7.89. The molecule has 1 unspecified atom stereocenters. The maximum atomic E-state index is 13.7. The smallest absolute Gasteiger partial charge is 0.335 e. The monoisotopic (exact) mass is 497 g/mol. The van der Waals surface area contributed by atoms with Crippen LogP contribution in [0.25, 0.3) is 0 Å². The van der Waals surface area contributed by atoms with E-state index in [-0.39, 0.29) is 23.4 Å². The first kappa shape index (κ1) is 23.6. The average molecular weight is 498 g/mol. The maximum absolute atomic E-state index is 13.7. The molecule has 1 aliphatic carbocycles. The third-order valence-corrected chi connectivity index (χ3v) is 9.01. The van der Waals surface area contributed by atoms with Gasteiger partial charge >= 0.3 is 6.03 Å². The van der Waals surface area contributed by atoms with Crippen LogP contribution in [0.2, 0.25) is 0 Å². The zero-order valence-corrected chi connectivity index (χ0v) is 20.5. The predicted octanol–water partition coefficient (Wildman–Crippen LogP) is 2.56. The molecule has 1 atom stereocenters. The summed E-state index contributed by atoms with van der Waals surface area (Å²) in [5.41, 5.74) is 0. The van der Waals surface area contributed by atoms with Gasteiger partial charge in [-0.05, 0) is 37.1 Å². The SMILES string of the molecule is O=C(C1CN(S(=O)(=O)c2ccccc2)C(=O)N1C1CCCCC1)N1CCN(c2ccccn2)CC1. The van der Waals surface area contributed by atoms with Crippen LogP contribution in [0.15, 0.2) is 59.6 Å². The maximum Gasteiger partial charge on any atom is 0.335 e. The summed E-state index contributed by atoms with van der Waals surface area (Å²) in [4.78, 5) is 37.2. The first-order valence-electron chi connectivity index (χ1n) is 12.3. The molecule has 3 heterocycles. The Bertz CT molecular complexity index is 1150. The van der Waals surface area contributed by atoms with Gasteiger partial charge in [0.25, 0.3) is 10.0 Å². The molecule has 3 amide bonds. The Labute approximate surface area is 206 Å². The van der Waals surface area contributed by atoms with Crippen molar-refractivity contribution in [1.29, 1.82) is 0 Å². The number of carbonyl (C=O) groups excluding carboxylic acids is 2. The highest BCUT2D eigenvalue weighted by Gasteiger charge is 2.50. The number of carbonyl (C=O) groups is 2. The molecule has 3 aliphatic rings. The highest BCUT2D eigenvalue weighted by atomic mass is 32.2. The number of rotatable bonds is 5. The number of aromatic nitrogens is 1. The summed E-state index contributed by atoms with van der Waals surface area (Å²) < 4.78 is 27.6. The Morgan fingerprint density at radius 3 is 2.23 bits per heavy atom. The van der Waals surface area contributed by atoms with E-state index in [1.54, 1.807) is 34.2 Å². The fourth-order valence-corrected chi connectivity index (χ4v) is 6.77. The fraction of sp³-hybridized carbons (Fsp3) is 0.480. The van der Waals surface area contributed by atoms with Crippen LogP contribution in [0.1, 0.15) is 32.1 Å². The quantitative estimate of drug-likeness (QED) is 0.630. The molecule has 0 bridgehead atoms. The van der Waals surface area contributed by atoms with E-state index in [2.05, 4.69) is 9.88 Å². The number of urea groups is 1. The number of pyridine rings is 1. The summed E-state index contributed by atoms with van der Waals surface area (Å²) >= 11 is 0. The van der Waals surface area contributed by atoms with Gasteiger partial charge < -0.3 is 14.7 Å². The summed E-state index contributed by atoms with van der Waals surface area (Å²) in [6.07, 6.45) is 6.39. The Morgan fingerprint density at radius 1 is 0.886 bits per heavy atom. The number of nitrogens with zero attached hydrogens (tertiary/aromatic N) is 5. The molecule has 0 radical (unpaired) electrons. The molecule has 2 aliphatic heterocycles. The summed E-state index contributed by atoms with van der Waals surface area (Å²) in [5.74, 6) is 0.704. The first-order valence-corrected chi connectivity index (χ1v) is 13.8. The molecule has 35 heavy (non-hydrogen) atoms. The van der Waals surface area contributed by atoms with E-state index in [1.807, 2.05) is 18.2 Å². The number of piperazine rings is 1. The standard InChI is InChI=1S/C25H31N5O4S/c31-24(28-17-15-27(16-18-28)23-13-7-8-14-26-23)22-19-29(35(33,34)21-11-5-2-6-12-21)25(32)30(22)20-9-3-1-4-10-20/h2,5-8,11-14,20,22H,1,3-4,9-10,15-19H2. The molecular formula is C25H31N5O4S. The van der Waals surface area contributed by atoms with Gasteiger partial charge in [-0.25, -0.2) is 22.5 Å². The van der Waals surface area contributed by atoms with Gasteiger partial charge in [0.2, 0.25) is 5.91 Å². The summed E-state index contributed by atoms with van der Waals surface area (Å²) in [7, 11) is -4.05. The summed E-state index contributed by atoms with van der Waals surface area (Å²) in [6, 6.07) is 12.2. The van der Waals surface area contributed by atoms with Crippen LogP contribution < -0.4 is 4.90 Å². The number of benzene rings is 1. The van der Waals surface area contributed by atoms with Gasteiger partial charge in [-0.1, -0.05) is 43.5 Å². The van der Waals surface area contributed by atoms with Crippen molar-refractivity contribution in [1.82, 2.24) is 19.1 Å². The van der Waals surface area contributed by atoms with Crippen molar-refractivity contribution in [3.8, 4) is 0 Å². The van der Waals surface area contributed by atoms with Crippen LogP contribution in [-0.4, -0.2) is 84.3 Å². The van der Waals surface area contributed by atoms with Crippen molar-refractivity contribution >= 4 is 27.8 Å². The number of sulfonamides is 1. The average Bonchev–Trinajstić information content (AvgIpc) is 3.27. The van der Waals surface area contributed by atoms with E-state index in [0.717, 1.165) is 42.2 Å². The molecule has 2 saturated heterocycles. The fourth-order valence-electron chi connectivity index (χ4n) is 5.38. The molecule has 9 nitrogen and oxygen atoms in total. The Hall–Kier alpha value is -3.14. The third kappa shape index (κ3) is 4.59. The highest BCUT2D eigenvalue weighted by Crippen LogP contribution is 2.32. The van der Waals surface area contributed by atoms with E-state index >= 15 is 0 Å². The zero-order valence-electron chi connectivity index (χ0n) is 19.7. The molecule has 10 heteroatoms. The molecule has 1 saturated carbocycles. The van der Waals surface area contributed by atoms with Gasteiger partial charge in [-0.3, -0.25) is 4.79 Å². The largest absolute Gasteiger partial charge is 0.353 e. The van der Waals surface area contributed by atoms with E-state index in [4.69, 9.17) is 0 Å². The number of amides is 3. The number of hydrogen-bond acceptors (Lipinski definition) is 6. The van der Waals surface area contributed by atoms with Crippen molar-refractivity contribution in [2.45, 2.75) is 49.1 Å². The number of hydrogen-bond donors (Lipinski definition) is 0. The Kier molecular flexibility index (Phi) is 6.64. The molecule has 2 aromatic rings. The van der Waals surface area contributed by atoms with Crippen LogP contribution >= 0.6 is 0 Å². The molecule has 1 aromatic carbocycles. The zero-order chi connectivity index (χ0) is 24.4. The second-order valence-electron chi connectivity index (χ2n) is 9.35. The van der Waals surface area contributed by atoms with E-state index in [9.17, 15) is 18.0 Å². The molecule has 3 fully saturated rings. The van der Waals surface area contributed by atoms with E-state index in [0.29, 0.717) is 26.2 Å². The minimum absolute atomic E-state index is 0.0639. The van der Waals surface area contributed by atoms with Crippen LogP contribution in [0, 0.1) is 0 Å². The lowest BCUT2D eigenvalue weighted by molar-refractivity contribution is -0.136. The van der Waals surface area contributed by atoms with Crippen molar-refractivity contribution < 1.29 is 18.0 Å². The van der Waals surface area contributed by atoms with E-state index < -0.39 is 22.1 Å². The second kappa shape index (κ2) is 9.85. The van der Waals surface area contributed by atoms with E-state index in [1.165, 1.54) is 12.1 Å². The van der Waals surface area contributed by atoms with Gasteiger partial charge in [-0.2, -0.15) is 0 Å². The van der Waals surface area contributed by atoms with Crippen LogP contribution in [-0.2, 0) is 14.8 Å². The topological polar surface area (TPSA) is 94.1 Å². The van der Waals surface area contributed by atoms with Crippen molar-refractivity contribution in [3.63, 3.8) is 0 Å². The van der Waals surface area contributed by atoms with Crippen molar-refractivity contribution in [2.75, 3.05) is 37.6 Å². The van der Waals surface area contributed by atoms with Gasteiger partial charge in [0.1, 0.15) is 11.9 Å². The minimum Gasteiger partial charge on any atom is -0.353 e. The van der Waals surface area contributed by atoms with Crippen LogP contribution in [0.3, 0.4) is 0 Å². The molecule has 1 aromatic heterocycles. The predicted molar refractivity (Wildman–Crippen MR) is 131 cm³/mol. The normalized spacial score (nSPS) is 22.1. The van der Waals surface area contributed by atoms with Crippen LogP contribution in [0.5, 0.6) is 0 Å². The van der Waals surface area contributed by atoms with Gasteiger partial charge in [0.15, 0.2) is 0 Å². The Morgan fingerprint density at radius 2 is 1.57 bits per heavy atom. The Balaban J connectivity index is 1.37. The second-order valence-corrected chi connectivity index (χ2v) is 11.2. The molecule has 0 spiro atoms. The van der Waals surface area contributed by atoms with Gasteiger partial charge in [0.05, 0.1) is 11.4 Å². The van der Waals surface area contributed by atoms with Crippen molar-refractivity contribution in [3.05, 3.63) is 54.7 Å². The number of anilines is 1. The lowest BCUT2D eigenvalue weighted by atomic mass is 9.93. The molecule has 5 rings (SSSR count). The molecule has 186 valence electrons. The molecular weight excluding hydrogens is 466 g/mol. The van der Waals surface area contributed by atoms with Gasteiger partial charge in [-0.15, -0.1) is 0 Å². The summed E-state index contributed by atoms with van der Waals surface area (Å²) in [6.45, 7) is 2.14. The third-order valence-electron chi connectivity index (χ3n) is 7.26. The lowest BCUT2D eigenvalue weighted by Gasteiger charge is -2.39.